The quantitative estimate of drug-likeness (QED) is 0.178. The SMILES string of the molecule is CCCc1nc2ccc(-c3nc4ccccc4n3C)cc2n1Cc1ccc(-c2ccccc2OC(=O)O)cc1. The second-order valence-electron chi connectivity index (χ2n) is 9.61. The Morgan fingerprint density at radius 1 is 0.846 bits per heavy atom. The third-order valence-electron chi connectivity index (χ3n) is 7.04. The highest BCUT2D eigenvalue weighted by Gasteiger charge is 2.16. The first-order valence-corrected chi connectivity index (χ1v) is 13.0. The second-order valence-corrected chi connectivity index (χ2v) is 9.61. The molecule has 4 aromatic carbocycles. The number of carbonyl (C=O) groups is 1. The van der Waals surface area contributed by atoms with Crippen molar-refractivity contribution in [1.82, 2.24) is 19.1 Å². The molecule has 7 nitrogen and oxygen atoms in total. The van der Waals surface area contributed by atoms with Crippen molar-refractivity contribution < 1.29 is 14.6 Å². The molecule has 2 heterocycles. The summed E-state index contributed by atoms with van der Waals surface area (Å²) in [5.74, 6) is 2.30. The Hall–Kier alpha value is -4.91. The average molecular weight is 517 g/mol. The van der Waals surface area contributed by atoms with Crippen LogP contribution in [0.3, 0.4) is 0 Å². The minimum absolute atomic E-state index is 0.318. The predicted molar refractivity (Wildman–Crippen MR) is 153 cm³/mol. The lowest BCUT2D eigenvalue weighted by Crippen LogP contribution is -2.05. The zero-order valence-electron chi connectivity index (χ0n) is 21.8. The summed E-state index contributed by atoms with van der Waals surface area (Å²) in [6.45, 7) is 2.84. The van der Waals surface area contributed by atoms with Crippen LogP contribution in [0.1, 0.15) is 24.7 Å². The molecule has 0 unspecified atom stereocenters. The Kier molecular flexibility index (Phi) is 6.32. The van der Waals surface area contributed by atoms with E-state index in [1.807, 2.05) is 42.5 Å². The molecule has 0 aliphatic rings. The van der Waals surface area contributed by atoms with E-state index in [2.05, 4.69) is 59.5 Å². The van der Waals surface area contributed by atoms with Gasteiger partial charge in [-0.15, -0.1) is 0 Å². The number of rotatable bonds is 7. The van der Waals surface area contributed by atoms with Gasteiger partial charge < -0.3 is 19.0 Å². The Morgan fingerprint density at radius 2 is 1.56 bits per heavy atom. The first kappa shape index (κ1) is 24.4. The Morgan fingerprint density at radius 3 is 2.33 bits per heavy atom. The van der Waals surface area contributed by atoms with E-state index in [4.69, 9.17) is 19.8 Å². The predicted octanol–water partition coefficient (Wildman–Crippen LogP) is 7.31. The topological polar surface area (TPSA) is 82.2 Å². The molecule has 6 aromatic rings. The molecule has 0 radical (unpaired) electrons. The van der Waals surface area contributed by atoms with Gasteiger partial charge in [-0.25, -0.2) is 14.8 Å². The molecule has 0 aliphatic carbocycles. The zero-order valence-corrected chi connectivity index (χ0v) is 21.8. The molecular weight excluding hydrogens is 488 g/mol. The molecule has 194 valence electrons. The summed E-state index contributed by atoms with van der Waals surface area (Å²) in [6.07, 6.45) is 0.557. The lowest BCUT2D eigenvalue weighted by molar-refractivity contribution is 0.144. The van der Waals surface area contributed by atoms with Gasteiger partial charge in [0.05, 0.1) is 22.1 Å². The fraction of sp³-hybridized carbons (Fsp3) is 0.156. The Bertz CT molecular complexity index is 1820. The van der Waals surface area contributed by atoms with Crippen LogP contribution in [0.4, 0.5) is 4.79 Å². The maximum atomic E-state index is 11.1. The number of para-hydroxylation sites is 3. The molecular formula is C32H28N4O3. The number of fused-ring (bicyclic) bond motifs is 2. The van der Waals surface area contributed by atoms with E-state index in [1.54, 1.807) is 12.1 Å². The van der Waals surface area contributed by atoms with Gasteiger partial charge in [0.15, 0.2) is 0 Å². The van der Waals surface area contributed by atoms with Gasteiger partial charge in [0.2, 0.25) is 0 Å². The molecule has 0 fully saturated rings. The van der Waals surface area contributed by atoms with Gasteiger partial charge in [-0.1, -0.05) is 61.5 Å². The lowest BCUT2D eigenvalue weighted by Gasteiger charge is -2.12. The molecule has 39 heavy (non-hydrogen) atoms. The standard InChI is InChI=1S/C32H28N4O3/c1-3-8-30-33-26-18-17-23(31-34-25-10-5-6-11-27(25)35(31)2)19-28(26)36(30)20-21-13-15-22(16-14-21)24-9-4-7-12-29(24)39-32(37)38/h4-7,9-19H,3,8,20H2,1-2H3,(H,37,38). The summed E-state index contributed by atoms with van der Waals surface area (Å²) >= 11 is 0. The maximum absolute atomic E-state index is 11.1. The highest BCUT2D eigenvalue weighted by atomic mass is 16.7. The summed E-state index contributed by atoms with van der Waals surface area (Å²) in [7, 11) is 2.05. The van der Waals surface area contributed by atoms with Crippen molar-refractivity contribution in [2.75, 3.05) is 0 Å². The van der Waals surface area contributed by atoms with Crippen LogP contribution in [0.25, 0.3) is 44.6 Å². The number of nitrogens with zero attached hydrogens (tertiary/aromatic N) is 4. The molecule has 6 rings (SSSR count). The van der Waals surface area contributed by atoms with Gasteiger partial charge in [0, 0.05) is 31.1 Å². The average Bonchev–Trinajstić information content (AvgIpc) is 3.46. The van der Waals surface area contributed by atoms with E-state index in [0.29, 0.717) is 12.3 Å². The van der Waals surface area contributed by atoms with Crippen LogP contribution in [0.5, 0.6) is 5.75 Å². The number of ether oxygens (including phenoxy) is 1. The number of carboxylic acid groups (broad SMARTS) is 1. The molecule has 0 aliphatic heterocycles. The summed E-state index contributed by atoms with van der Waals surface area (Å²) in [4.78, 5) is 21.0. The van der Waals surface area contributed by atoms with Gasteiger partial charge in [0.1, 0.15) is 17.4 Å². The number of benzene rings is 4. The van der Waals surface area contributed by atoms with E-state index in [1.165, 1.54) is 0 Å². The molecule has 7 heteroatoms. The number of hydrogen-bond acceptors (Lipinski definition) is 4. The Balaban J connectivity index is 1.37. The highest BCUT2D eigenvalue weighted by molar-refractivity contribution is 5.85. The van der Waals surface area contributed by atoms with Crippen LogP contribution in [-0.2, 0) is 20.0 Å². The first-order chi connectivity index (χ1) is 19.0. The van der Waals surface area contributed by atoms with Crippen LogP contribution in [0.2, 0.25) is 0 Å². The summed E-state index contributed by atoms with van der Waals surface area (Å²) in [5, 5.41) is 9.09. The van der Waals surface area contributed by atoms with Crippen LogP contribution in [-0.4, -0.2) is 30.4 Å². The monoisotopic (exact) mass is 516 g/mol. The fourth-order valence-electron chi connectivity index (χ4n) is 5.17. The number of hydrogen-bond donors (Lipinski definition) is 1. The molecule has 0 saturated heterocycles. The van der Waals surface area contributed by atoms with Gasteiger partial charge in [-0.2, -0.15) is 0 Å². The van der Waals surface area contributed by atoms with Crippen LogP contribution >= 0.6 is 0 Å². The van der Waals surface area contributed by atoms with Gasteiger partial charge in [-0.05, 0) is 53.9 Å². The highest BCUT2D eigenvalue weighted by Crippen LogP contribution is 2.31. The zero-order chi connectivity index (χ0) is 26.9. The van der Waals surface area contributed by atoms with Crippen molar-refractivity contribution in [2.24, 2.45) is 7.05 Å². The molecule has 2 aromatic heterocycles. The summed E-state index contributed by atoms with van der Waals surface area (Å²) in [6, 6.07) is 29.9. The van der Waals surface area contributed by atoms with Crippen molar-refractivity contribution >= 4 is 28.2 Å². The number of aryl methyl sites for hydroxylation is 2. The fourth-order valence-corrected chi connectivity index (χ4v) is 5.17. The van der Waals surface area contributed by atoms with E-state index < -0.39 is 6.16 Å². The van der Waals surface area contributed by atoms with E-state index in [9.17, 15) is 4.79 Å². The minimum atomic E-state index is -1.33. The summed E-state index contributed by atoms with van der Waals surface area (Å²) in [5.41, 5.74) is 7.93. The first-order valence-electron chi connectivity index (χ1n) is 13.0. The number of aromatic nitrogens is 4. The van der Waals surface area contributed by atoms with Gasteiger partial charge >= 0.3 is 6.16 Å². The van der Waals surface area contributed by atoms with E-state index in [0.717, 1.165) is 68.8 Å². The maximum Gasteiger partial charge on any atom is 0.511 e. The molecule has 0 amide bonds. The van der Waals surface area contributed by atoms with Crippen molar-refractivity contribution in [3.05, 3.63) is 102 Å². The van der Waals surface area contributed by atoms with Crippen molar-refractivity contribution in [3.63, 3.8) is 0 Å². The van der Waals surface area contributed by atoms with Crippen LogP contribution < -0.4 is 4.74 Å². The minimum Gasteiger partial charge on any atom is -0.449 e. The largest absolute Gasteiger partial charge is 0.511 e. The second kappa shape index (κ2) is 10.1. The third-order valence-corrected chi connectivity index (χ3v) is 7.04. The third kappa shape index (κ3) is 4.63. The van der Waals surface area contributed by atoms with Gasteiger partial charge in [-0.3, -0.25) is 0 Å². The van der Waals surface area contributed by atoms with E-state index in [-0.39, 0.29) is 0 Å². The smallest absolute Gasteiger partial charge is 0.449 e. The Labute approximate surface area is 226 Å². The van der Waals surface area contributed by atoms with Crippen molar-refractivity contribution in [2.45, 2.75) is 26.3 Å². The van der Waals surface area contributed by atoms with Gasteiger partial charge in [0.25, 0.3) is 0 Å². The number of imidazole rings is 2. The molecule has 0 saturated carbocycles. The van der Waals surface area contributed by atoms with Crippen LogP contribution in [0, 0.1) is 0 Å². The normalized spacial score (nSPS) is 11.3. The summed E-state index contributed by atoms with van der Waals surface area (Å²) < 4.78 is 9.41. The van der Waals surface area contributed by atoms with Crippen LogP contribution in [0.15, 0.2) is 91.0 Å². The van der Waals surface area contributed by atoms with Crippen molar-refractivity contribution in [3.8, 4) is 28.3 Å². The molecule has 0 bridgehead atoms. The lowest BCUT2D eigenvalue weighted by atomic mass is 10.0. The molecule has 1 N–H and O–H groups in total. The molecule has 0 spiro atoms. The van der Waals surface area contributed by atoms with Crippen molar-refractivity contribution in [1.29, 1.82) is 0 Å². The van der Waals surface area contributed by atoms with E-state index >= 15 is 0 Å². The molecule has 0 atom stereocenters.